The zero-order valence-electron chi connectivity index (χ0n) is 35.9. The molecule has 0 aliphatic rings. The predicted molar refractivity (Wildman–Crippen MR) is 228 cm³/mol. The Kier molecular flexibility index (Phi) is 36.4. The van der Waals surface area contributed by atoms with Gasteiger partial charge in [-0.15, -0.1) is 0 Å². The van der Waals surface area contributed by atoms with E-state index in [2.05, 4.69) is 36.5 Å². The van der Waals surface area contributed by atoms with E-state index < -0.39 is 26.6 Å². The highest BCUT2D eigenvalue weighted by molar-refractivity contribution is 7.45. The van der Waals surface area contributed by atoms with Crippen molar-refractivity contribution in [2.24, 2.45) is 0 Å². The maximum atomic E-state index is 12.3. The molecule has 8 nitrogen and oxygen atoms in total. The average molecular weight is 783 g/mol. The summed E-state index contributed by atoms with van der Waals surface area (Å²) < 4.78 is 22.8. The Hall–Kier alpha value is -1.28. The molecule has 3 unspecified atom stereocenters. The zero-order valence-corrected chi connectivity index (χ0v) is 36.8. The van der Waals surface area contributed by atoms with Gasteiger partial charge in [0.25, 0.3) is 7.82 Å². The number of phosphoric ester groups is 1. The van der Waals surface area contributed by atoms with E-state index in [1.165, 1.54) is 135 Å². The van der Waals surface area contributed by atoms with Crippen LogP contribution in [0, 0.1) is 0 Å². The van der Waals surface area contributed by atoms with Crippen LogP contribution < -0.4 is 10.2 Å². The molecule has 0 aliphatic heterocycles. The first-order chi connectivity index (χ1) is 26.0. The molecule has 0 saturated heterocycles. The topological polar surface area (TPSA) is 108 Å². The maximum Gasteiger partial charge on any atom is 0.268 e. The van der Waals surface area contributed by atoms with Crippen LogP contribution >= 0.6 is 7.82 Å². The van der Waals surface area contributed by atoms with Crippen LogP contribution in [0.1, 0.15) is 194 Å². The molecule has 0 saturated carbocycles. The third-order valence-corrected chi connectivity index (χ3v) is 10.8. The van der Waals surface area contributed by atoms with Gasteiger partial charge in [0, 0.05) is 6.42 Å². The zero-order chi connectivity index (χ0) is 40.0. The van der Waals surface area contributed by atoms with Crippen molar-refractivity contribution in [1.82, 2.24) is 5.32 Å². The van der Waals surface area contributed by atoms with Gasteiger partial charge in [0.1, 0.15) is 13.2 Å². The van der Waals surface area contributed by atoms with Gasteiger partial charge < -0.3 is 28.8 Å². The van der Waals surface area contributed by atoms with Gasteiger partial charge in [0.2, 0.25) is 5.91 Å². The van der Waals surface area contributed by atoms with Crippen molar-refractivity contribution in [3.8, 4) is 0 Å². The van der Waals surface area contributed by atoms with E-state index in [0.717, 1.165) is 32.1 Å². The number of aliphatic hydroxyl groups excluding tert-OH is 1. The van der Waals surface area contributed by atoms with Crippen molar-refractivity contribution < 1.29 is 32.9 Å². The summed E-state index contributed by atoms with van der Waals surface area (Å²) in [6.07, 6.45) is 46.3. The number of allylic oxidation sites excluding steroid dienone is 5. The minimum atomic E-state index is -4.57. The van der Waals surface area contributed by atoms with Crippen LogP contribution in [-0.2, 0) is 18.4 Å². The number of hydrogen-bond acceptors (Lipinski definition) is 6. The number of aliphatic hydroxyl groups is 1. The summed E-state index contributed by atoms with van der Waals surface area (Å²) in [5.74, 6) is -0.248. The molecular formula is C45H87N2O6P. The van der Waals surface area contributed by atoms with Crippen LogP contribution in [0.4, 0.5) is 0 Å². The fraction of sp³-hybridized carbons (Fsp3) is 0.844. The van der Waals surface area contributed by atoms with Gasteiger partial charge in [0.15, 0.2) is 0 Å². The summed E-state index contributed by atoms with van der Waals surface area (Å²) in [6, 6.07) is -0.902. The first kappa shape index (κ1) is 52.7. The second kappa shape index (κ2) is 37.3. The Labute approximate surface area is 334 Å². The molecule has 0 bridgehead atoms. The summed E-state index contributed by atoms with van der Waals surface area (Å²) in [5, 5.41) is 13.4. The fourth-order valence-corrected chi connectivity index (χ4v) is 6.94. The van der Waals surface area contributed by atoms with E-state index >= 15 is 0 Å². The maximum absolute atomic E-state index is 12.3. The molecule has 0 heterocycles. The SMILES string of the molecule is CCCCCCCCCCCCCCCCCCCCCC/C=C/CC/C=C/CC/C=C/C(O)C(COP(=O)([O-])OCC[N+](C)(C)C)NC(=O)CCCC. The normalized spacial score (nSPS) is 14.7. The van der Waals surface area contributed by atoms with Gasteiger partial charge in [-0.25, -0.2) is 0 Å². The van der Waals surface area contributed by atoms with Crippen molar-refractivity contribution in [3.63, 3.8) is 0 Å². The van der Waals surface area contributed by atoms with Gasteiger partial charge in [-0.3, -0.25) is 9.36 Å². The standard InChI is InChI=1S/C45H87N2O6P/c1-6-8-10-11-12-13-14-15-16-17-18-19-20-21-22-23-24-25-26-27-28-29-30-31-32-33-34-35-36-37-38-44(48)43(46-45(49)39-9-7-2)42-53-54(50,51)52-41-40-47(3,4)5/h29-30,33-34,37-38,43-44,48H,6-28,31-32,35-36,39-42H2,1-5H3,(H-,46,49,50,51)/b30-29+,34-33+,38-37+. The molecule has 1 amide bonds. The van der Waals surface area contributed by atoms with Gasteiger partial charge in [-0.1, -0.05) is 179 Å². The molecule has 0 spiro atoms. The Morgan fingerprint density at radius 3 is 1.48 bits per heavy atom. The lowest BCUT2D eigenvalue weighted by Crippen LogP contribution is -2.45. The lowest BCUT2D eigenvalue weighted by molar-refractivity contribution is -0.870. The number of hydrogen-bond donors (Lipinski definition) is 2. The molecule has 0 aromatic carbocycles. The van der Waals surface area contributed by atoms with Crippen molar-refractivity contribution >= 4 is 13.7 Å². The summed E-state index contributed by atoms with van der Waals surface area (Å²) in [5.41, 5.74) is 0. The number of nitrogens with one attached hydrogen (secondary N) is 1. The third-order valence-electron chi connectivity index (χ3n) is 9.83. The number of carbonyl (C=O) groups is 1. The molecule has 3 atom stereocenters. The lowest BCUT2D eigenvalue weighted by Gasteiger charge is -2.29. The molecule has 0 radical (unpaired) electrons. The van der Waals surface area contributed by atoms with Gasteiger partial charge in [0.05, 0.1) is 39.9 Å². The fourth-order valence-electron chi connectivity index (χ4n) is 6.22. The number of carbonyl (C=O) groups excluding carboxylic acids is 1. The average Bonchev–Trinajstić information content (AvgIpc) is 3.12. The summed E-state index contributed by atoms with van der Waals surface area (Å²) in [4.78, 5) is 24.6. The van der Waals surface area contributed by atoms with E-state index in [1.807, 2.05) is 34.1 Å². The quantitative estimate of drug-likeness (QED) is 0.0277. The molecular weight excluding hydrogens is 695 g/mol. The number of nitrogens with zero attached hydrogens (tertiary/aromatic N) is 1. The summed E-state index contributed by atoms with van der Waals surface area (Å²) in [6.45, 7) is 4.36. The number of rotatable bonds is 40. The second-order valence-electron chi connectivity index (χ2n) is 16.4. The molecule has 0 rings (SSSR count). The number of likely N-dealkylation sites (N-methyl/N-ethyl adjacent to an activating group) is 1. The minimum absolute atomic E-state index is 0.0102. The smallest absolute Gasteiger partial charge is 0.268 e. The van der Waals surface area contributed by atoms with Gasteiger partial charge >= 0.3 is 0 Å². The molecule has 0 aromatic heterocycles. The minimum Gasteiger partial charge on any atom is -0.756 e. The predicted octanol–water partition coefficient (Wildman–Crippen LogP) is 11.7. The molecule has 0 aliphatic carbocycles. The van der Waals surface area contributed by atoms with E-state index in [-0.39, 0.29) is 12.5 Å². The second-order valence-corrected chi connectivity index (χ2v) is 17.8. The van der Waals surface area contributed by atoms with Crippen LogP contribution in [0.15, 0.2) is 36.5 Å². The Balaban J connectivity index is 3.91. The number of unbranched alkanes of at least 4 members (excludes halogenated alkanes) is 23. The summed E-state index contributed by atoms with van der Waals surface area (Å²) in [7, 11) is 1.23. The molecule has 54 heavy (non-hydrogen) atoms. The lowest BCUT2D eigenvalue weighted by atomic mass is 10.0. The van der Waals surface area contributed by atoms with E-state index in [4.69, 9.17) is 9.05 Å². The van der Waals surface area contributed by atoms with E-state index in [1.54, 1.807) is 6.08 Å². The highest BCUT2D eigenvalue weighted by Gasteiger charge is 2.23. The van der Waals surface area contributed by atoms with Crippen LogP contribution in [0.5, 0.6) is 0 Å². The number of quaternary nitrogens is 1. The number of amides is 1. The van der Waals surface area contributed by atoms with Crippen molar-refractivity contribution in [3.05, 3.63) is 36.5 Å². The van der Waals surface area contributed by atoms with Gasteiger partial charge in [-0.2, -0.15) is 0 Å². The molecule has 318 valence electrons. The van der Waals surface area contributed by atoms with E-state index in [9.17, 15) is 19.4 Å². The highest BCUT2D eigenvalue weighted by atomic mass is 31.2. The highest BCUT2D eigenvalue weighted by Crippen LogP contribution is 2.38. The van der Waals surface area contributed by atoms with Crippen LogP contribution in [0.25, 0.3) is 0 Å². The van der Waals surface area contributed by atoms with Crippen molar-refractivity contribution in [2.75, 3.05) is 40.9 Å². The first-order valence-corrected chi connectivity index (χ1v) is 23.8. The van der Waals surface area contributed by atoms with Crippen LogP contribution in [-0.4, -0.2) is 68.5 Å². The Morgan fingerprint density at radius 2 is 1.04 bits per heavy atom. The molecule has 0 aromatic rings. The van der Waals surface area contributed by atoms with Gasteiger partial charge in [-0.05, 0) is 44.9 Å². The number of phosphoric acid groups is 1. The van der Waals surface area contributed by atoms with Crippen molar-refractivity contribution in [2.45, 2.75) is 206 Å². The Morgan fingerprint density at radius 1 is 0.630 bits per heavy atom. The van der Waals surface area contributed by atoms with Crippen LogP contribution in [0.3, 0.4) is 0 Å². The summed E-state index contributed by atoms with van der Waals surface area (Å²) >= 11 is 0. The Bertz CT molecular complexity index is 980. The van der Waals surface area contributed by atoms with Crippen molar-refractivity contribution in [1.29, 1.82) is 0 Å². The van der Waals surface area contributed by atoms with E-state index in [0.29, 0.717) is 23.9 Å². The first-order valence-electron chi connectivity index (χ1n) is 22.4. The monoisotopic (exact) mass is 783 g/mol. The molecule has 2 N–H and O–H groups in total. The molecule has 0 fully saturated rings. The third kappa shape index (κ3) is 39.0. The van der Waals surface area contributed by atoms with Crippen LogP contribution in [0.2, 0.25) is 0 Å². The largest absolute Gasteiger partial charge is 0.756 e. The molecule has 9 heteroatoms.